The fraction of sp³-hybridized carbons (Fsp3) is 0.370. The lowest BCUT2D eigenvalue weighted by Crippen LogP contribution is -2.18. The van der Waals surface area contributed by atoms with Crippen LogP contribution in [0.3, 0.4) is 0 Å². The Labute approximate surface area is 201 Å². The summed E-state index contributed by atoms with van der Waals surface area (Å²) in [5.41, 5.74) is 5.21. The first-order valence-corrected chi connectivity index (χ1v) is 12.0. The van der Waals surface area contributed by atoms with Crippen molar-refractivity contribution in [1.82, 2.24) is 15.6 Å². The zero-order valence-electron chi connectivity index (χ0n) is 20.0. The fourth-order valence-corrected chi connectivity index (χ4v) is 3.48. The summed E-state index contributed by atoms with van der Waals surface area (Å²) in [6.07, 6.45) is 9.00. The average molecular weight is 463 g/mol. The lowest BCUT2D eigenvalue weighted by atomic mass is 10.1. The number of H-pyrrole nitrogens is 1. The van der Waals surface area contributed by atoms with Gasteiger partial charge in [0.25, 0.3) is 5.91 Å². The van der Waals surface area contributed by atoms with Gasteiger partial charge in [0.15, 0.2) is 0 Å². The van der Waals surface area contributed by atoms with Crippen LogP contribution in [0.2, 0.25) is 0 Å². The Balaban J connectivity index is 1.48. The van der Waals surface area contributed by atoms with Gasteiger partial charge in [0.1, 0.15) is 17.2 Å². The SMILES string of the molecule is CCCCCCCCOc1ccc(-c2cc(C(=O)N/N=C\c3ccccc3OCC)[nH]n2)cc1. The molecule has 7 nitrogen and oxygen atoms in total. The van der Waals surface area contributed by atoms with Crippen LogP contribution in [0.1, 0.15) is 68.4 Å². The Morgan fingerprint density at radius 2 is 1.76 bits per heavy atom. The van der Waals surface area contributed by atoms with E-state index in [-0.39, 0.29) is 5.91 Å². The van der Waals surface area contributed by atoms with Gasteiger partial charge in [-0.2, -0.15) is 10.2 Å². The maximum Gasteiger partial charge on any atom is 0.289 e. The van der Waals surface area contributed by atoms with Crippen LogP contribution in [-0.4, -0.2) is 35.5 Å². The average Bonchev–Trinajstić information content (AvgIpc) is 3.36. The molecule has 7 heteroatoms. The lowest BCUT2D eigenvalue weighted by molar-refractivity contribution is 0.0950. The minimum Gasteiger partial charge on any atom is -0.494 e. The number of aromatic nitrogens is 2. The molecule has 0 aliphatic carbocycles. The molecule has 0 aliphatic heterocycles. The summed E-state index contributed by atoms with van der Waals surface area (Å²) in [4.78, 5) is 12.4. The maximum atomic E-state index is 12.4. The van der Waals surface area contributed by atoms with Crippen molar-refractivity contribution in [2.45, 2.75) is 52.4 Å². The molecule has 3 aromatic rings. The molecule has 1 heterocycles. The van der Waals surface area contributed by atoms with E-state index in [0.717, 1.165) is 29.9 Å². The predicted octanol–water partition coefficient (Wildman–Crippen LogP) is 5.98. The minimum absolute atomic E-state index is 0.327. The highest BCUT2D eigenvalue weighted by Gasteiger charge is 2.11. The smallest absolute Gasteiger partial charge is 0.289 e. The van der Waals surface area contributed by atoms with Crippen molar-refractivity contribution in [3.8, 4) is 22.8 Å². The molecule has 2 aromatic carbocycles. The van der Waals surface area contributed by atoms with Crippen molar-refractivity contribution in [3.05, 3.63) is 65.9 Å². The molecule has 0 fully saturated rings. The molecular formula is C27H34N4O3. The number of hydrogen-bond acceptors (Lipinski definition) is 5. The number of aromatic amines is 1. The van der Waals surface area contributed by atoms with Crippen molar-refractivity contribution in [1.29, 1.82) is 0 Å². The number of hydrogen-bond donors (Lipinski definition) is 2. The summed E-state index contributed by atoms with van der Waals surface area (Å²) in [7, 11) is 0. The zero-order valence-corrected chi connectivity index (χ0v) is 20.0. The summed E-state index contributed by atoms with van der Waals surface area (Å²) in [5.74, 6) is 1.18. The van der Waals surface area contributed by atoms with Crippen molar-refractivity contribution in [2.75, 3.05) is 13.2 Å². The number of carbonyl (C=O) groups is 1. The molecule has 180 valence electrons. The molecule has 0 saturated heterocycles. The number of nitrogens with zero attached hydrogens (tertiary/aromatic N) is 2. The van der Waals surface area contributed by atoms with E-state index >= 15 is 0 Å². The number of hydrazone groups is 1. The van der Waals surface area contributed by atoms with E-state index in [0.29, 0.717) is 23.7 Å². The second-order valence-corrected chi connectivity index (χ2v) is 7.98. The van der Waals surface area contributed by atoms with Gasteiger partial charge in [-0.05, 0) is 55.8 Å². The Bertz CT molecular complexity index is 1040. The van der Waals surface area contributed by atoms with E-state index in [4.69, 9.17) is 9.47 Å². The predicted molar refractivity (Wildman–Crippen MR) is 136 cm³/mol. The molecule has 0 aliphatic rings. The topological polar surface area (TPSA) is 88.6 Å². The third-order valence-electron chi connectivity index (χ3n) is 5.33. The van der Waals surface area contributed by atoms with Gasteiger partial charge >= 0.3 is 0 Å². The molecule has 0 saturated carbocycles. The molecule has 0 atom stereocenters. The Kier molecular flexibility index (Phi) is 10.2. The molecule has 1 aromatic heterocycles. The first-order chi connectivity index (χ1) is 16.7. The standard InChI is InChI=1S/C27H34N4O3/c1-3-5-6-7-8-11-18-34-23-16-14-21(15-17-23)24-19-25(30-29-24)27(32)31-28-20-22-12-9-10-13-26(22)33-4-2/h9-10,12-17,19-20H,3-8,11,18H2,1-2H3,(H,29,30)(H,31,32)/b28-20-. The van der Waals surface area contributed by atoms with Gasteiger partial charge in [-0.15, -0.1) is 0 Å². The van der Waals surface area contributed by atoms with E-state index in [9.17, 15) is 4.79 Å². The third-order valence-corrected chi connectivity index (χ3v) is 5.33. The van der Waals surface area contributed by atoms with Gasteiger partial charge in [0.2, 0.25) is 0 Å². The molecule has 2 N–H and O–H groups in total. The van der Waals surface area contributed by atoms with Crippen molar-refractivity contribution in [3.63, 3.8) is 0 Å². The summed E-state index contributed by atoms with van der Waals surface area (Å²) >= 11 is 0. The molecule has 0 radical (unpaired) electrons. The van der Waals surface area contributed by atoms with Gasteiger partial charge in [0.05, 0.1) is 25.1 Å². The summed E-state index contributed by atoms with van der Waals surface area (Å²) in [6, 6.07) is 17.0. The van der Waals surface area contributed by atoms with Crippen LogP contribution in [-0.2, 0) is 0 Å². The van der Waals surface area contributed by atoms with Gasteiger partial charge in [-0.1, -0.05) is 51.2 Å². The number of carbonyl (C=O) groups excluding carboxylic acids is 1. The number of unbranched alkanes of at least 4 members (excludes halogenated alkanes) is 5. The maximum absolute atomic E-state index is 12.4. The van der Waals surface area contributed by atoms with E-state index in [1.807, 2.05) is 55.5 Å². The monoisotopic (exact) mass is 462 g/mol. The van der Waals surface area contributed by atoms with E-state index in [2.05, 4.69) is 27.6 Å². The van der Waals surface area contributed by atoms with Gasteiger partial charge in [-0.25, -0.2) is 5.43 Å². The summed E-state index contributed by atoms with van der Waals surface area (Å²) in [5, 5.41) is 11.1. The van der Waals surface area contributed by atoms with Crippen molar-refractivity contribution < 1.29 is 14.3 Å². The van der Waals surface area contributed by atoms with Crippen LogP contribution in [0.15, 0.2) is 59.7 Å². The van der Waals surface area contributed by atoms with Gasteiger partial charge in [0, 0.05) is 11.1 Å². The number of rotatable bonds is 14. The summed E-state index contributed by atoms with van der Waals surface area (Å²) in [6.45, 7) is 5.43. The van der Waals surface area contributed by atoms with E-state index in [1.165, 1.54) is 32.1 Å². The minimum atomic E-state index is -0.372. The summed E-state index contributed by atoms with van der Waals surface area (Å²) < 4.78 is 11.4. The number of nitrogens with one attached hydrogen (secondary N) is 2. The van der Waals surface area contributed by atoms with E-state index < -0.39 is 0 Å². The van der Waals surface area contributed by atoms with Crippen LogP contribution in [0, 0.1) is 0 Å². The number of amides is 1. The molecule has 34 heavy (non-hydrogen) atoms. The molecule has 1 amide bonds. The number of para-hydroxylation sites is 1. The number of benzene rings is 2. The Hall–Kier alpha value is -3.61. The van der Waals surface area contributed by atoms with Crippen LogP contribution < -0.4 is 14.9 Å². The van der Waals surface area contributed by atoms with Crippen LogP contribution in [0.25, 0.3) is 11.3 Å². The second-order valence-electron chi connectivity index (χ2n) is 7.98. The molecule has 0 unspecified atom stereocenters. The molecular weight excluding hydrogens is 428 g/mol. The van der Waals surface area contributed by atoms with Crippen LogP contribution >= 0.6 is 0 Å². The molecule has 0 bridgehead atoms. The molecule has 3 rings (SSSR count). The number of ether oxygens (including phenoxy) is 2. The van der Waals surface area contributed by atoms with Crippen LogP contribution in [0.4, 0.5) is 0 Å². The fourth-order valence-electron chi connectivity index (χ4n) is 3.48. The first-order valence-electron chi connectivity index (χ1n) is 12.0. The highest BCUT2D eigenvalue weighted by molar-refractivity contribution is 5.94. The Morgan fingerprint density at radius 3 is 2.56 bits per heavy atom. The van der Waals surface area contributed by atoms with Crippen LogP contribution in [0.5, 0.6) is 11.5 Å². The Morgan fingerprint density at radius 1 is 1.00 bits per heavy atom. The zero-order chi connectivity index (χ0) is 24.0. The highest BCUT2D eigenvalue weighted by Crippen LogP contribution is 2.22. The normalized spacial score (nSPS) is 11.0. The van der Waals surface area contributed by atoms with Crippen molar-refractivity contribution >= 4 is 12.1 Å². The molecule has 0 spiro atoms. The second kappa shape index (κ2) is 13.8. The largest absolute Gasteiger partial charge is 0.494 e. The van der Waals surface area contributed by atoms with E-state index in [1.54, 1.807) is 12.3 Å². The first kappa shape index (κ1) is 25.0. The quantitative estimate of drug-likeness (QED) is 0.175. The van der Waals surface area contributed by atoms with Crippen molar-refractivity contribution in [2.24, 2.45) is 5.10 Å². The third kappa shape index (κ3) is 7.76. The highest BCUT2D eigenvalue weighted by atomic mass is 16.5. The lowest BCUT2D eigenvalue weighted by Gasteiger charge is -2.06. The van der Waals surface area contributed by atoms with Gasteiger partial charge in [-0.3, -0.25) is 9.89 Å². The van der Waals surface area contributed by atoms with Gasteiger partial charge < -0.3 is 9.47 Å².